The largest absolute Gasteiger partial charge is 0.466 e. The van der Waals surface area contributed by atoms with Crippen LogP contribution in [-0.2, 0) is 4.57 Å². The standard InChI is InChI=1S/Cl5P.ClH.H3O4P/c1-6(2,3,4)5;;1-5(2,3)4/h;1H;(H3,1,2,3,4). The van der Waals surface area contributed by atoms with Gasteiger partial charge in [0.1, 0.15) is 0 Å². The Morgan fingerprint density at radius 1 is 0.917 bits per heavy atom. The molecule has 80 valence electrons. The molecule has 0 atom stereocenters. The minimum Gasteiger partial charge on any atom is -0.303 e. The molecule has 0 aliphatic heterocycles. The van der Waals surface area contributed by atoms with E-state index in [0.29, 0.717) is 0 Å². The van der Waals surface area contributed by atoms with Crippen LogP contribution in [0.15, 0.2) is 0 Å². The smallest absolute Gasteiger partial charge is 0.303 e. The third-order valence-electron chi connectivity index (χ3n) is 0. The van der Waals surface area contributed by atoms with Gasteiger partial charge >= 0.3 is 67.4 Å². The molecule has 0 aromatic rings. The van der Waals surface area contributed by atoms with Gasteiger partial charge < -0.3 is 14.7 Å². The summed E-state index contributed by atoms with van der Waals surface area (Å²) in [5, 5.41) is 0. The second-order valence-electron chi connectivity index (χ2n) is 1.15. The van der Waals surface area contributed by atoms with Gasteiger partial charge in [0, 0.05) is 0 Å². The number of phosphoric acid groups is 1. The van der Waals surface area contributed by atoms with E-state index in [1.54, 1.807) is 0 Å². The molecule has 12 heteroatoms. The van der Waals surface area contributed by atoms with Gasteiger partial charge in [0.25, 0.3) is 0 Å². The molecule has 0 fully saturated rings. The summed E-state index contributed by atoms with van der Waals surface area (Å²) in [6.07, 6.45) is 0. The summed E-state index contributed by atoms with van der Waals surface area (Å²) < 4.78 is 5.19. The summed E-state index contributed by atoms with van der Waals surface area (Å²) >= 11 is 24.9. The molecule has 0 aliphatic carbocycles. The zero-order chi connectivity index (χ0) is 9.95. The minimum absolute atomic E-state index is 0. The van der Waals surface area contributed by atoms with Crippen molar-refractivity contribution in [2.75, 3.05) is 0 Å². The predicted octanol–water partition coefficient (Wildman–Crippen LogP) is 3.80. The van der Waals surface area contributed by atoms with E-state index in [9.17, 15) is 0 Å². The van der Waals surface area contributed by atoms with Crippen molar-refractivity contribution >= 4 is 79.8 Å². The van der Waals surface area contributed by atoms with Gasteiger partial charge in [0.05, 0.1) is 0 Å². The number of hydrogen-bond donors (Lipinski definition) is 3. The van der Waals surface area contributed by atoms with Gasteiger partial charge in [-0.25, -0.2) is 4.57 Å². The van der Waals surface area contributed by atoms with Crippen molar-refractivity contribution in [3.8, 4) is 0 Å². The maximum absolute atomic E-state index is 8.88. The van der Waals surface area contributed by atoms with Gasteiger partial charge in [-0.2, -0.15) is 0 Å². The molecule has 0 spiro atoms. The van der Waals surface area contributed by atoms with Gasteiger partial charge in [-0.3, -0.25) is 0 Å². The molecule has 0 heterocycles. The first kappa shape index (κ1) is 19.8. The molecule has 0 amide bonds. The molecule has 0 unspecified atom stereocenters. The maximum Gasteiger partial charge on any atom is 0.466 e. The Labute approximate surface area is 98.6 Å². The molecule has 0 aromatic carbocycles. The van der Waals surface area contributed by atoms with E-state index in [-0.39, 0.29) is 12.4 Å². The Morgan fingerprint density at radius 3 is 0.917 bits per heavy atom. The number of hydrogen-bond acceptors (Lipinski definition) is 1. The fourth-order valence-electron chi connectivity index (χ4n) is 0. The van der Waals surface area contributed by atoms with Crippen molar-refractivity contribution in [1.82, 2.24) is 0 Å². The molecule has 0 saturated heterocycles. The maximum atomic E-state index is 8.88. The van der Waals surface area contributed by atoms with Crippen molar-refractivity contribution in [2.45, 2.75) is 0 Å². The minimum atomic E-state index is -4.64. The summed E-state index contributed by atoms with van der Waals surface area (Å²) in [5.41, 5.74) is 0. The van der Waals surface area contributed by atoms with E-state index >= 15 is 0 Å². The zero-order valence-corrected chi connectivity index (χ0v) is 11.3. The third-order valence-corrected chi connectivity index (χ3v) is 0. The van der Waals surface area contributed by atoms with Crippen molar-refractivity contribution in [3.63, 3.8) is 0 Å². The van der Waals surface area contributed by atoms with Crippen LogP contribution in [0.25, 0.3) is 0 Å². The molecule has 12 heavy (non-hydrogen) atoms. The van der Waals surface area contributed by atoms with E-state index in [4.69, 9.17) is 75.4 Å². The fourth-order valence-corrected chi connectivity index (χ4v) is 0. The Hall–Kier alpha value is 2.28. The molecule has 0 bridgehead atoms. The first-order valence-electron chi connectivity index (χ1n) is 1.63. The van der Waals surface area contributed by atoms with Gasteiger partial charge in [0.2, 0.25) is 0 Å². The van der Waals surface area contributed by atoms with Crippen LogP contribution in [0.1, 0.15) is 0 Å². The molecule has 0 aliphatic rings. The normalized spacial score (nSPS) is 14.5. The van der Waals surface area contributed by atoms with Gasteiger partial charge in [-0.15, -0.1) is 12.4 Å². The van der Waals surface area contributed by atoms with Crippen LogP contribution in [0.3, 0.4) is 0 Å². The topological polar surface area (TPSA) is 77.8 Å². The molecular weight excluding hydrogens is 339 g/mol. The molecule has 0 saturated carbocycles. The van der Waals surface area contributed by atoms with E-state index < -0.39 is 11.2 Å². The second kappa shape index (κ2) is 5.99. The summed E-state index contributed by atoms with van der Waals surface area (Å²) in [6.45, 7) is 0. The van der Waals surface area contributed by atoms with E-state index in [1.165, 1.54) is 0 Å². The van der Waals surface area contributed by atoms with Crippen LogP contribution in [-0.4, -0.2) is 14.7 Å². The third kappa shape index (κ3) is 301. The second-order valence-corrected chi connectivity index (χ2v) is 18.8. The van der Waals surface area contributed by atoms with E-state index in [2.05, 4.69) is 0 Å². The first-order chi connectivity index (χ1) is 4.24. The van der Waals surface area contributed by atoms with Gasteiger partial charge in [0.15, 0.2) is 0 Å². The first-order valence-corrected chi connectivity index (χ1v) is 9.95. The van der Waals surface area contributed by atoms with Crippen LogP contribution >= 0.6 is 79.8 Å². The molecular formula is H4Cl6O4P2. The van der Waals surface area contributed by atoms with Crippen LogP contribution in [0.5, 0.6) is 0 Å². The van der Waals surface area contributed by atoms with Crippen molar-refractivity contribution in [2.24, 2.45) is 0 Å². The average molecular weight is 343 g/mol. The molecule has 3 N–H and O–H groups in total. The molecule has 4 nitrogen and oxygen atoms in total. The summed E-state index contributed by atoms with van der Waals surface area (Å²) in [6, 6.07) is 0. The van der Waals surface area contributed by atoms with Crippen molar-refractivity contribution in [1.29, 1.82) is 0 Å². The zero-order valence-electron chi connectivity index (χ0n) is 4.94. The summed E-state index contributed by atoms with van der Waals surface area (Å²) in [4.78, 5) is 21.6. The Balaban J connectivity index is -0.000000126. The summed E-state index contributed by atoms with van der Waals surface area (Å²) in [5.74, 6) is 0. The Bertz CT molecular complexity index is 137. The SMILES string of the molecule is Cl.ClP(Cl)(Cl)(Cl)Cl.O=P(O)(O)O. The van der Waals surface area contributed by atoms with Crippen LogP contribution in [0, 0.1) is 0 Å². The summed E-state index contributed by atoms with van der Waals surface area (Å²) in [7, 11) is -4.64. The molecule has 0 aromatic heterocycles. The van der Waals surface area contributed by atoms with E-state index in [1.807, 2.05) is 0 Å². The monoisotopic (exact) mass is 340 g/mol. The predicted molar refractivity (Wildman–Crippen MR) is 57.7 cm³/mol. The Morgan fingerprint density at radius 2 is 0.917 bits per heavy atom. The fraction of sp³-hybridized carbons (Fsp3) is 0. The van der Waals surface area contributed by atoms with Crippen LogP contribution in [0.4, 0.5) is 0 Å². The molecule has 0 radical (unpaired) electrons. The Kier molecular flexibility index (Phi) is 9.88. The quantitative estimate of drug-likeness (QED) is 0.585. The number of halogens is 6. The van der Waals surface area contributed by atoms with Gasteiger partial charge in [-0.05, 0) is 0 Å². The van der Waals surface area contributed by atoms with Crippen molar-refractivity contribution in [3.05, 3.63) is 0 Å². The van der Waals surface area contributed by atoms with Crippen LogP contribution < -0.4 is 0 Å². The molecule has 0 rings (SSSR count). The number of rotatable bonds is 0. The van der Waals surface area contributed by atoms with E-state index in [0.717, 1.165) is 0 Å². The average Bonchev–Trinajstić information content (AvgIpc) is 1.07. The van der Waals surface area contributed by atoms with Gasteiger partial charge in [-0.1, -0.05) is 0 Å². The van der Waals surface area contributed by atoms with Crippen molar-refractivity contribution < 1.29 is 19.2 Å². The van der Waals surface area contributed by atoms with Crippen LogP contribution in [0.2, 0.25) is 0 Å².